The molecule has 5 heteroatoms. The van der Waals surface area contributed by atoms with Crippen LogP contribution in [0.3, 0.4) is 0 Å². The maximum Gasteiger partial charge on any atom is 0.419 e. The third-order valence-electron chi connectivity index (χ3n) is 1.34. The summed E-state index contributed by atoms with van der Waals surface area (Å²) in [5.41, 5.74) is 0. The predicted octanol–water partition coefficient (Wildman–Crippen LogP) is 3.50. The number of alkyl halides is 5. The fraction of sp³-hybridized carbons (Fsp3) is 0.857. The summed E-state index contributed by atoms with van der Waals surface area (Å²) in [5, 5.41) is -0.779. The Morgan fingerprint density at radius 1 is 1.33 bits per heavy atom. The molecular weight excluding hydrogens is 196 g/mol. The highest BCUT2D eigenvalue weighted by Gasteiger charge is 2.40. The van der Waals surface area contributed by atoms with E-state index in [0.29, 0.717) is 12.8 Å². The Kier molecular flexibility index (Phi) is 4.90. The molecule has 0 nitrogen and oxygen atoms in total. The van der Waals surface area contributed by atoms with Crippen LogP contribution in [0, 0.1) is 6.92 Å². The summed E-state index contributed by atoms with van der Waals surface area (Å²) in [6.45, 7) is 3.41. The standard InChI is InChI=1S/C7H10ClF4/c1-2-3-5(8)4-6(9)7(10,11)12/h5-6H,1-4H2. The Morgan fingerprint density at radius 3 is 2.17 bits per heavy atom. The van der Waals surface area contributed by atoms with E-state index in [9.17, 15) is 17.6 Å². The van der Waals surface area contributed by atoms with Crippen LogP contribution < -0.4 is 0 Å². The van der Waals surface area contributed by atoms with Crippen LogP contribution in [0.15, 0.2) is 0 Å². The van der Waals surface area contributed by atoms with Crippen molar-refractivity contribution >= 4 is 11.6 Å². The van der Waals surface area contributed by atoms with E-state index >= 15 is 0 Å². The van der Waals surface area contributed by atoms with Crippen molar-refractivity contribution in [3.8, 4) is 0 Å². The zero-order valence-corrected chi connectivity index (χ0v) is 7.13. The largest absolute Gasteiger partial charge is 0.419 e. The molecule has 1 radical (unpaired) electrons. The van der Waals surface area contributed by atoms with Crippen LogP contribution in [0.4, 0.5) is 17.6 Å². The van der Waals surface area contributed by atoms with E-state index < -0.39 is 24.1 Å². The van der Waals surface area contributed by atoms with Crippen LogP contribution in [-0.4, -0.2) is 17.7 Å². The molecule has 0 aliphatic heterocycles. The number of halogens is 5. The van der Waals surface area contributed by atoms with Gasteiger partial charge in [0, 0.05) is 11.8 Å². The predicted molar refractivity (Wildman–Crippen MR) is 39.8 cm³/mol. The second-order valence-corrected chi connectivity index (χ2v) is 3.10. The van der Waals surface area contributed by atoms with E-state index in [2.05, 4.69) is 6.92 Å². The van der Waals surface area contributed by atoms with Crippen LogP contribution in [0.25, 0.3) is 0 Å². The molecule has 2 unspecified atom stereocenters. The zero-order valence-electron chi connectivity index (χ0n) is 6.37. The molecule has 12 heavy (non-hydrogen) atoms. The van der Waals surface area contributed by atoms with E-state index in [0.717, 1.165) is 0 Å². The van der Waals surface area contributed by atoms with Crippen LogP contribution in [0.2, 0.25) is 0 Å². The lowest BCUT2D eigenvalue weighted by Crippen LogP contribution is -2.27. The first-order valence-electron chi connectivity index (χ1n) is 3.52. The van der Waals surface area contributed by atoms with Gasteiger partial charge in [-0.3, -0.25) is 0 Å². The molecule has 0 aliphatic rings. The molecule has 0 aromatic heterocycles. The van der Waals surface area contributed by atoms with Crippen molar-refractivity contribution in [2.75, 3.05) is 0 Å². The van der Waals surface area contributed by atoms with Gasteiger partial charge < -0.3 is 0 Å². The summed E-state index contributed by atoms with van der Waals surface area (Å²) in [4.78, 5) is 0. The molecule has 0 spiro atoms. The smallest absolute Gasteiger partial charge is 0.237 e. The maximum absolute atomic E-state index is 12.3. The second kappa shape index (κ2) is 4.90. The van der Waals surface area contributed by atoms with E-state index in [4.69, 9.17) is 11.6 Å². The normalized spacial score (nSPS) is 17.5. The first kappa shape index (κ1) is 12.0. The van der Waals surface area contributed by atoms with Gasteiger partial charge >= 0.3 is 6.18 Å². The molecule has 0 saturated heterocycles. The molecule has 0 heterocycles. The Hall–Kier alpha value is 0.01000. The van der Waals surface area contributed by atoms with E-state index in [1.54, 1.807) is 0 Å². The summed E-state index contributed by atoms with van der Waals surface area (Å²) in [7, 11) is 0. The third kappa shape index (κ3) is 4.80. The average molecular weight is 206 g/mol. The zero-order chi connectivity index (χ0) is 9.78. The SMILES string of the molecule is [CH2]CCC(Cl)CC(F)C(F)(F)F. The van der Waals surface area contributed by atoms with Crippen molar-refractivity contribution in [1.29, 1.82) is 0 Å². The minimum atomic E-state index is -4.78. The molecule has 0 aliphatic carbocycles. The van der Waals surface area contributed by atoms with Crippen molar-refractivity contribution in [3.05, 3.63) is 6.92 Å². The van der Waals surface area contributed by atoms with E-state index in [1.165, 1.54) is 0 Å². The first-order valence-corrected chi connectivity index (χ1v) is 3.95. The third-order valence-corrected chi connectivity index (χ3v) is 1.73. The van der Waals surface area contributed by atoms with Gasteiger partial charge in [-0.25, -0.2) is 4.39 Å². The highest BCUT2D eigenvalue weighted by molar-refractivity contribution is 6.20. The lowest BCUT2D eigenvalue weighted by Gasteiger charge is -2.14. The number of hydrogen-bond acceptors (Lipinski definition) is 0. The first-order chi connectivity index (χ1) is 5.38. The molecule has 0 rings (SSSR count). The minimum Gasteiger partial charge on any atom is -0.237 e. The summed E-state index contributed by atoms with van der Waals surface area (Å²) in [6, 6.07) is 0. The lowest BCUT2D eigenvalue weighted by molar-refractivity contribution is -0.181. The van der Waals surface area contributed by atoms with Gasteiger partial charge in [0.25, 0.3) is 0 Å². The summed E-state index contributed by atoms with van der Waals surface area (Å²) in [5.74, 6) is 0. The molecule has 0 fully saturated rings. The molecule has 0 N–H and O–H groups in total. The highest BCUT2D eigenvalue weighted by Crippen LogP contribution is 2.28. The summed E-state index contributed by atoms with van der Waals surface area (Å²) in [6.07, 6.45) is -7.56. The van der Waals surface area contributed by atoms with Crippen molar-refractivity contribution in [3.63, 3.8) is 0 Å². The van der Waals surface area contributed by atoms with Gasteiger partial charge in [-0.15, -0.1) is 11.6 Å². The molecular formula is C7H10ClF4. The fourth-order valence-corrected chi connectivity index (χ4v) is 1.01. The average Bonchev–Trinajstić information content (AvgIpc) is 1.85. The van der Waals surface area contributed by atoms with Crippen LogP contribution in [-0.2, 0) is 0 Å². The quantitative estimate of drug-likeness (QED) is 0.487. The van der Waals surface area contributed by atoms with Gasteiger partial charge in [-0.1, -0.05) is 13.3 Å². The van der Waals surface area contributed by atoms with Crippen LogP contribution >= 0.6 is 11.6 Å². The fourth-order valence-electron chi connectivity index (χ4n) is 0.698. The van der Waals surface area contributed by atoms with Gasteiger partial charge in [0.15, 0.2) is 6.17 Å². The van der Waals surface area contributed by atoms with Gasteiger partial charge in [0.05, 0.1) is 0 Å². The molecule has 73 valence electrons. The summed E-state index contributed by atoms with van der Waals surface area (Å²) < 4.78 is 47.1. The molecule has 2 atom stereocenters. The Morgan fingerprint density at radius 2 is 1.83 bits per heavy atom. The Bertz CT molecular complexity index is 123. The molecule has 0 aromatic carbocycles. The van der Waals surface area contributed by atoms with E-state index in [-0.39, 0.29) is 0 Å². The van der Waals surface area contributed by atoms with Crippen molar-refractivity contribution in [1.82, 2.24) is 0 Å². The topological polar surface area (TPSA) is 0 Å². The molecule has 0 saturated carbocycles. The molecule has 0 aromatic rings. The van der Waals surface area contributed by atoms with Gasteiger partial charge in [-0.05, 0) is 6.42 Å². The van der Waals surface area contributed by atoms with Crippen molar-refractivity contribution in [2.45, 2.75) is 37.0 Å². The van der Waals surface area contributed by atoms with Crippen molar-refractivity contribution in [2.24, 2.45) is 0 Å². The molecule has 0 amide bonds. The number of hydrogen-bond donors (Lipinski definition) is 0. The summed E-state index contributed by atoms with van der Waals surface area (Å²) >= 11 is 5.40. The van der Waals surface area contributed by atoms with Gasteiger partial charge in [0.2, 0.25) is 0 Å². The monoisotopic (exact) mass is 205 g/mol. The van der Waals surface area contributed by atoms with Crippen LogP contribution in [0.5, 0.6) is 0 Å². The second-order valence-electron chi connectivity index (χ2n) is 2.48. The number of rotatable bonds is 4. The van der Waals surface area contributed by atoms with Gasteiger partial charge in [-0.2, -0.15) is 13.2 Å². The Balaban J connectivity index is 3.76. The van der Waals surface area contributed by atoms with Gasteiger partial charge in [0.1, 0.15) is 0 Å². The Labute approximate surface area is 73.9 Å². The van der Waals surface area contributed by atoms with E-state index in [1.807, 2.05) is 0 Å². The molecule has 0 bridgehead atoms. The maximum atomic E-state index is 12.3. The minimum absolute atomic E-state index is 0.304. The van der Waals surface area contributed by atoms with Crippen LogP contribution in [0.1, 0.15) is 19.3 Å². The van der Waals surface area contributed by atoms with Crippen molar-refractivity contribution < 1.29 is 17.6 Å². The highest BCUT2D eigenvalue weighted by atomic mass is 35.5. The lowest BCUT2D eigenvalue weighted by atomic mass is 10.1.